The highest BCUT2D eigenvalue weighted by Crippen LogP contribution is 2.15. The van der Waals surface area contributed by atoms with Crippen molar-refractivity contribution in [3.63, 3.8) is 0 Å². The molecule has 0 spiro atoms. The van der Waals surface area contributed by atoms with E-state index in [1.165, 1.54) is 0 Å². The van der Waals surface area contributed by atoms with Gasteiger partial charge in [0.25, 0.3) is 0 Å². The predicted octanol–water partition coefficient (Wildman–Crippen LogP) is 2.11. The van der Waals surface area contributed by atoms with Crippen LogP contribution in [0.15, 0.2) is 12.4 Å². The summed E-state index contributed by atoms with van der Waals surface area (Å²) in [6.45, 7) is 0. The Balaban J connectivity index is 0. The van der Waals surface area contributed by atoms with Crippen LogP contribution in [0.3, 0.4) is 0 Å². The Morgan fingerprint density at radius 2 is 1.50 bits per heavy atom. The fourth-order valence-electron chi connectivity index (χ4n) is 0.0714. The zero-order chi connectivity index (χ0) is 5.91. The molecule has 8 heavy (non-hydrogen) atoms. The first kappa shape index (κ1) is 10.4. The zero-order valence-corrected chi connectivity index (χ0v) is 3.67. The minimum absolute atomic E-state index is 0. The van der Waals surface area contributed by atoms with Crippen LogP contribution < -0.4 is 0 Å². The van der Waals surface area contributed by atoms with Gasteiger partial charge in [0.1, 0.15) is 0 Å². The highest BCUT2D eigenvalue weighted by Gasteiger charge is 2.21. The molecule has 0 unspecified atom stereocenters. The van der Waals surface area contributed by atoms with Gasteiger partial charge in [0.15, 0.2) is 0 Å². The summed E-state index contributed by atoms with van der Waals surface area (Å²) < 4.78 is 42.8. The molecule has 4 radical (unpaired) electrons. The van der Waals surface area contributed by atoms with Crippen molar-refractivity contribution in [2.75, 3.05) is 0 Å². The largest absolute Gasteiger partial charge is 0.411 e. The van der Waals surface area contributed by atoms with Crippen LogP contribution in [0.4, 0.5) is 17.6 Å². The lowest BCUT2D eigenvalue weighted by Crippen LogP contribution is -1.99. The molecule has 0 amide bonds. The molecule has 0 aromatic rings. The van der Waals surface area contributed by atoms with Gasteiger partial charge in [-0.05, 0) is 0 Å². The van der Waals surface area contributed by atoms with Crippen molar-refractivity contribution < 1.29 is 17.6 Å². The van der Waals surface area contributed by atoms with Crippen molar-refractivity contribution in [1.82, 2.24) is 0 Å². The minimum Gasteiger partial charge on any atom is -0.216 e. The minimum atomic E-state index is -4.51. The maximum atomic E-state index is 10.7. The lowest BCUT2D eigenvalue weighted by atomic mass is 10.6. The van der Waals surface area contributed by atoms with Gasteiger partial charge in [-0.3, -0.25) is 0 Å². The summed E-state index contributed by atoms with van der Waals surface area (Å²) in [5.41, 5.74) is 0. The summed E-state index contributed by atoms with van der Waals surface area (Å²) in [4.78, 5) is 0. The Morgan fingerprint density at radius 3 is 1.50 bits per heavy atom. The van der Waals surface area contributed by atoms with E-state index in [1.54, 1.807) is 0 Å². The predicted molar refractivity (Wildman–Crippen MR) is 19.5 cm³/mol. The monoisotopic (exact) mass is 126 g/mol. The average molecular weight is 126 g/mol. The van der Waals surface area contributed by atoms with E-state index in [0.717, 1.165) is 0 Å². The topological polar surface area (TPSA) is 0 Å². The first-order valence-corrected chi connectivity index (χ1v) is 1.41. The van der Waals surface area contributed by atoms with E-state index >= 15 is 0 Å². The van der Waals surface area contributed by atoms with Crippen molar-refractivity contribution >= 4 is 0 Å². The number of hydrogen-bond donors (Lipinski definition) is 0. The van der Waals surface area contributed by atoms with E-state index in [-0.39, 0.29) is 7.43 Å². The lowest BCUT2D eigenvalue weighted by molar-refractivity contribution is -0.0805. The van der Waals surface area contributed by atoms with Gasteiger partial charge in [-0.2, -0.15) is 13.2 Å². The molecule has 0 rings (SSSR count). The van der Waals surface area contributed by atoms with Crippen LogP contribution in [0.25, 0.3) is 0 Å². The molecule has 0 aromatic carbocycles. The van der Waals surface area contributed by atoms with Crippen LogP contribution in [0, 0.1) is 7.43 Å². The first-order chi connectivity index (χ1) is 3.06. The fraction of sp³-hybridized carbons (Fsp3) is 0.250. The van der Waals surface area contributed by atoms with Crippen molar-refractivity contribution in [3.05, 3.63) is 19.8 Å². The molecule has 46 valence electrons. The molecular formula is C4H2F4. The van der Waals surface area contributed by atoms with Crippen molar-refractivity contribution in [2.45, 2.75) is 6.18 Å². The van der Waals surface area contributed by atoms with Crippen molar-refractivity contribution in [1.29, 1.82) is 0 Å². The summed E-state index contributed by atoms with van der Waals surface area (Å²) >= 11 is 0. The van der Waals surface area contributed by atoms with Gasteiger partial charge in [-0.15, -0.1) is 0 Å². The van der Waals surface area contributed by atoms with Gasteiger partial charge in [-0.25, -0.2) is 4.39 Å². The number of rotatable bonds is 0. The normalized spacial score (nSPS) is 11.5. The van der Waals surface area contributed by atoms with Gasteiger partial charge < -0.3 is 0 Å². The van der Waals surface area contributed by atoms with Gasteiger partial charge in [-0.1, -0.05) is 0 Å². The van der Waals surface area contributed by atoms with E-state index in [4.69, 9.17) is 0 Å². The molecule has 0 N–H and O–H groups in total. The Kier molecular flexibility index (Phi) is 4.52. The Labute approximate surface area is 44.8 Å². The van der Waals surface area contributed by atoms with Gasteiger partial charge in [0.05, 0.1) is 6.33 Å². The second-order valence-electron chi connectivity index (χ2n) is 0.834. The second-order valence-corrected chi connectivity index (χ2v) is 0.834. The number of alkyl halides is 3. The van der Waals surface area contributed by atoms with Gasteiger partial charge >= 0.3 is 6.18 Å². The van der Waals surface area contributed by atoms with Crippen LogP contribution in [0.2, 0.25) is 0 Å². The van der Waals surface area contributed by atoms with Crippen molar-refractivity contribution in [2.24, 2.45) is 0 Å². The zero-order valence-electron chi connectivity index (χ0n) is 3.67. The van der Waals surface area contributed by atoms with Crippen LogP contribution in [0.5, 0.6) is 0 Å². The lowest BCUT2D eigenvalue weighted by Gasteiger charge is -1.92. The Hall–Kier alpha value is -0.540. The number of hydrogen-bond acceptors (Lipinski definition) is 0. The molecule has 0 aliphatic rings. The molecular weight excluding hydrogens is 124 g/mol. The third-order valence-corrected chi connectivity index (χ3v) is 0.252. The Bertz CT molecular complexity index is 70.6. The van der Waals surface area contributed by atoms with Crippen LogP contribution in [-0.2, 0) is 0 Å². The summed E-state index contributed by atoms with van der Waals surface area (Å²) in [5.74, 6) is 0. The fourth-order valence-corrected chi connectivity index (χ4v) is 0.0714. The van der Waals surface area contributed by atoms with E-state index in [9.17, 15) is 17.6 Å². The molecule has 0 nitrogen and oxygen atoms in total. The highest BCUT2D eigenvalue weighted by molar-refractivity contribution is 4.80. The van der Waals surface area contributed by atoms with E-state index in [0.29, 0.717) is 0 Å². The third kappa shape index (κ3) is 9.07. The first-order valence-electron chi connectivity index (χ1n) is 1.41. The smallest absolute Gasteiger partial charge is 0.216 e. The van der Waals surface area contributed by atoms with Crippen molar-refractivity contribution in [3.8, 4) is 0 Å². The van der Waals surface area contributed by atoms with Gasteiger partial charge in [0, 0.05) is 13.5 Å². The second kappa shape index (κ2) is 3.46. The highest BCUT2D eigenvalue weighted by atomic mass is 19.4. The van der Waals surface area contributed by atoms with E-state index in [1.807, 2.05) is 0 Å². The molecule has 4 heteroatoms. The molecule has 0 saturated heterocycles. The number of halogens is 4. The molecule has 0 aliphatic heterocycles. The van der Waals surface area contributed by atoms with Gasteiger partial charge in [0.2, 0.25) is 0 Å². The maximum absolute atomic E-state index is 10.7. The van der Waals surface area contributed by atoms with Crippen LogP contribution in [0.1, 0.15) is 0 Å². The average Bonchev–Trinajstić information content (AvgIpc) is 1.30. The summed E-state index contributed by atoms with van der Waals surface area (Å²) in [5, 5.41) is 0. The molecule has 0 heterocycles. The van der Waals surface area contributed by atoms with E-state index in [2.05, 4.69) is 0 Å². The Morgan fingerprint density at radius 1 is 1.12 bits per heavy atom. The quantitative estimate of drug-likeness (QED) is 0.436. The summed E-state index contributed by atoms with van der Waals surface area (Å²) in [6.07, 6.45) is -5.53. The maximum Gasteiger partial charge on any atom is 0.411 e. The summed E-state index contributed by atoms with van der Waals surface area (Å²) in [6, 6.07) is 0. The van der Waals surface area contributed by atoms with Crippen LogP contribution >= 0.6 is 0 Å². The molecule has 0 bridgehead atoms. The summed E-state index contributed by atoms with van der Waals surface area (Å²) in [7, 11) is 0. The van der Waals surface area contributed by atoms with E-state index < -0.39 is 18.6 Å². The molecule has 0 fully saturated rings. The molecule has 0 aromatic heterocycles. The molecule has 0 aliphatic carbocycles. The molecule has 0 saturated carbocycles. The standard InChI is InChI=1S/C3H2F4.C/c4-2-1-3(5,6)7;/h1-2H;. The molecule has 0 atom stereocenters. The SMILES string of the molecule is FC=CC(F)(F)F.[C]. The number of allylic oxidation sites excluding steroid dienone is 1. The third-order valence-electron chi connectivity index (χ3n) is 0.252. The van der Waals surface area contributed by atoms with Crippen LogP contribution in [-0.4, -0.2) is 6.18 Å².